The van der Waals surface area contributed by atoms with E-state index in [2.05, 4.69) is 4.52 Å². The molecule has 2 rings (SSSR count). The third-order valence-corrected chi connectivity index (χ3v) is 5.51. The number of aromatic amines is 1. The van der Waals surface area contributed by atoms with E-state index in [0.29, 0.717) is 0 Å². The zero-order valence-electron chi connectivity index (χ0n) is 17.4. The van der Waals surface area contributed by atoms with E-state index in [0.717, 1.165) is 23.9 Å². The molecule has 1 fully saturated rings. The minimum absolute atomic E-state index is 0.647. The van der Waals surface area contributed by atoms with Crippen molar-refractivity contribution in [3.05, 3.63) is 33.1 Å². The van der Waals surface area contributed by atoms with Gasteiger partial charge in [0.25, 0.3) is 5.56 Å². The molecule has 0 radical (unpaired) electrons. The fourth-order valence-corrected chi connectivity index (χ4v) is 4.66. The summed E-state index contributed by atoms with van der Waals surface area (Å²) in [6.07, 6.45) is -6.22. The summed E-state index contributed by atoms with van der Waals surface area (Å²) in [6, 6.07) is 0.974. The van der Waals surface area contributed by atoms with E-state index < -0.39 is 63.0 Å². The number of nitrogens with zero attached hydrogens (tertiary/aromatic N) is 1. The summed E-state index contributed by atoms with van der Waals surface area (Å²) in [5.74, 6) is 0. The second-order valence-corrected chi connectivity index (χ2v) is 9.86. The molecule has 0 aromatic carbocycles. The van der Waals surface area contributed by atoms with Gasteiger partial charge in [0, 0.05) is 19.4 Å². The normalized spacial score (nSPS) is 28.8. The molecule has 1 aromatic rings. The second kappa shape index (κ2) is 9.58. The van der Waals surface area contributed by atoms with E-state index in [9.17, 15) is 19.0 Å². The van der Waals surface area contributed by atoms with Gasteiger partial charge in [-0.1, -0.05) is 11.8 Å². The quantitative estimate of drug-likeness (QED) is 0.368. The van der Waals surface area contributed by atoms with Crippen molar-refractivity contribution in [1.82, 2.24) is 9.55 Å². The van der Waals surface area contributed by atoms with Crippen molar-refractivity contribution < 1.29 is 45.0 Å². The first kappa shape index (κ1) is 21.5. The summed E-state index contributed by atoms with van der Waals surface area (Å²) in [4.78, 5) is 56.2. The van der Waals surface area contributed by atoms with Crippen molar-refractivity contribution in [2.75, 3.05) is 13.7 Å². The molecule has 16 heteroatoms. The Labute approximate surface area is 172 Å². The number of methoxy groups -OCH3 is 1. The summed E-state index contributed by atoms with van der Waals surface area (Å²) in [7, 11) is -4.24. The SMILES string of the molecule is [2H]C([2H])(OP(=O)(O)O)[C@H]1O[C@@H](n2ccc(=O)[nH]c2=O)[C@@H](OC)C1OP([O-])(=S)OC(C)C. The van der Waals surface area contributed by atoms with Crippen LogP contribution in [0.3, 0.4) is 0 Å². The van der Waals surface area contributed by atoms with Gasteiger partial charge in [-0.15, -0.1) is 0 Å². The number of hydrogen-bond acceptors (Lipinski definition) is 10. The Morgan fingerprint density at radius 3 is 2.62 bits per heavy atom. The molecule has 1 aliphatic rings. The number of aromatic nitrogens is 2. The van der Waals surface area contributed by atoms with Gasteiger partial charge in [0.2, 0.25) is 0 Å². The molecule has 2 heterocycles. The number of rotatable bonds is 9. The lowest BCUT2D eigenvalue weighted by molar-refractivity contribution is -0.218. The molecule has 0 spiro atoms. The highest BCUT2D eigenvalue weighted by Gasteiger charge is 2.49. The molecular formula is C13H21N2O11P2S-. The topological polar surface area (TPSA) is 182 Å². The minimum Gasteiger partial charge on any atom is -0.780 e. The number of hydrogen-bond donors (Lipinski definition) is 3. The number of nitrogens with one attached hydrogen (secondary N) is 1. The van der Waals surface area contributed by atoms with Crippen LogP contribution >= 0.6 is 14.5 Å². The van der Waals surface area contributed by atoms with Crippen molar-refractivity contribution >= 4 is 26.3 Å². The van der Waals surface area contributed by atoms with Crippen LogP contribution in [0.4, 0.5) is 0 Å². The van der Waals surface area contributed by atoms with Crippen LogP contribution in [0.15, 0.2) is 21.9 Å². The predicted molar refractivity (Wildman–Crippen MR) is 99.4 cm³/mol. The molecule has 1 saturated heterocycles. The van der Waals surface area contributed by atoms with Gasteiger partial charge in [0.1, 0.15) is 25.0 Å². The standard InChI is InChI=1S/C13H22N2O11P2S/c1-7(2)25-28(21,29)26-10-8(6-23-27(18,19)20)24-12(11(10)22-3)15-5-4-9(16)14-13(15)17/h4-5,7-8,10-12H,6H2,1-3H3,(H,21,29)(H,14,16,17)(H2,18,19,20)/p-1/t8-,10?,11+,12-,28?/m1/s1/i6D2. The molecule has 0 saturated carbocycles. The van der Waals surface area contributed by atoms with Gasteiger partial charge in [-0.2, -0.15) is 0 Å². The van der Waals surface area contributed by atoms with E-state index in [1.807, 2.05) is 4.98 Å². The first-order chi connectivity index (χ1) is 14.1. The zero-order valence-corrected chi connectivity index (χ0v) is 18.0. The molecule has 1 aromatic heterocycles. The molecular weight excluding hydrogens is 454 g/mol. The third kappa shape index (κ3) is 6.88. The largest absolute Gasteiger partial charge is 0.780 e. The second-order valence-electron chi connectivity index (χ2n) is 6.04. The van der Waals surface area contributed by atoms with E-state index >= 15 is 0 Å². The van der Waals surface area contributed by atoms with Gasteiger partial charge in [-0.05, 0) is 13.8 Å². The first-order valence-electron chi connectivity index (χ1n) is 9.00. The molecule has 0 bridgehead atoms. The lowest BCUT2D eigenvalue weighted by atomic mass is 10.1. The summed E-state index contributed by atoms with van der Waals surface area (Å²) in [5.41, 5.74) is -1.69. The van der Waals surface area contributed by atoms with Crippen molar-refractivity contribution in [1.29, 1.82) is 0 Å². The van der Waals surface area contributed by atoms with Crippen molar-refractivity contribution in [3.63, 3.8) is 0 Å². The molecule has 29 heavy (non-hydrogen) atoms. The Morgan fingerprint density at radius 1 is 1.45 bits per heavy atom. The molecule has 1 aliphatic heterocycles. The van der Waals surface area contributed by atoms with Gasteiger partial charge in [-0.25, -0.2) is 9.36 Å². The van der Waals surface area contributed by atoms with Crippen LogP contribution in [-0.4, -0.2) is 57.4 Å². The number of phosphoric ester groups is 1. The lowest BCUT2D eigenvalue weighted by Gasteiger charge is -2.35. The van der Waals surface area contributed by atoms with Crippen LogP contribution in [-0.2, 0) is 39.4 Å². The summed E-state index contributed by atoms with van der Waals surface area (Å²) < 4.78 is 53.2. The average molecular weight is 477 g/mol. The van der Waals surface area contributed by atoms with Crippen LogP contribution in [0.25, 0.3) is 0 Å². The van der Waals surface area contributed by atoms with E-state index in [4.69, 9.17) is 42.9 Å². The van der Waals surface area contributed by atoms with Crippen molar-refractivity contribution in [2.45, 2.75) is 44.5 Å². The third-order valence-electron chi connectivity index (χ3n) is 3.47. The van der Waals surface area contributed by atoms with Crippen LogP contribution in [0.2, 0.25) is 0 Å². The van der Waals surface area contributed by atoms with E-state index in [-0.39, 0.29) is 0 Å². The zero-order chi connectivity index (χ0) is 23.8. The Kier molecular flexibility index (Phi) is 7.10. The van der Waals surface area contributed by atoms with Gasteiger partial charge in [-0.3, -0.25) is 18.9 Å². The summed E-state index contributed by atoms with van der Waals surface area (Å²) in [6.45, 7) is -4.49. The smallest absolute Gasteiger partial charge is 0.469 e. The van der Waals surface area contributed by atoms with Crippen LogP contribution < -0.4 is 16.1 Å². The van der Waals surface area contributed by atoms with Crippen molar-refractivity contribution in [2.24, 2.45) is 0 Å². The van der Waals surface area contributed by atoms with Crippen LogP contribution in [0.5, 0.6) is 0 Å². The minimum atomic E-state index is -5.37. The molecule has 5 atom stereocenters. The van der Waals surface area contributed by atoms with Gasteiger partial charge < -0.3 is 33.2 Å². The fourth-order valence-electron chi connectivity index (χ4n) is 2.50. The van der Waals surface area contributed by atoms with Gasteiger partial charge in [0.05, 0.1) is 15.4 Å². The Bertz CT molecular complexity index is 996. The maximum Gasteiger partial charge on any atom is 0.469 e. The molecule has 0 amide bonds. The highest BCUT2D eigenvalue weighted by atomic mass is 32.5. The predicted octanol–water partition coefficient (Wildman–Crippen LogP) is -1.05. The highest BCUT2D eigenvalue weighted by molar-refractivity contribution is 8.06. The lowest BCUT2D eigenvalue weighted by Crippen LogP contribution is -2.40. The molecule has 2 unspecified atom stereocenters. The first-order valence-corrected chi connectivity index (χ1v) is 12.1. The average Bonchev–Trinajstić information content (AvgIpc) is 2.89. The highest BCUT2D eigenvalue weighted by Crippen LogP contribution is 2.47. The number of phosphoric acid groups is 1. The fraction of sp³-hybridized carbons (Fsp3) is 0.692. The molecule has 166 valence electrons. The Balaban J connectivity index is 2.53. The number of H-pyrrole nitrogens is 1. The summed E-state index contributed by atoms with van der Waals surface area (Å²) in [5, 5.41) is 0. The van der Waals surface area contributed by atoms with E-state index in [1.54, 1.807) is 0 Å². The maximum atomic E-state index is 12.6. The maximum absolute atomic E-state index is 12.6. The van der Waals surface area contributed by atoms with Crippen molar-refractivity contribution in [3.8, 4) is 0 Å². The molecule has 0 aliphatic carbocycles. The summed E-state index contributed by atoms with van der Waals surface area (Å²) >= 11 is 4.81. The molecule has 3 N–H and O–H groups in total. The van der Waals surface area contributed by atoms with E-state index in [1.165, 1.54) is 13.8 Å². The monoisotopic (exact) mass is 477 g/mol. The molecule has 13 nitrogen and oxygen atoms in total. The van der Waals surface area contributed by atoms with Crippen LogP contribution in [0, 0.1) is 0 Å². The number of ether oxygens (including phenoxy) is 2. The Hall–Kier alpha value is -0.760. The Morgan fingerprint density at radius 2 is 2.10 bits per heavy atom. The van der Waals surface area contributed by atoms with Crippen LogP contribution in [0.1, 0.15) is 22.8 Å². The van der Waals surface area contributed by atoms with Gasteiger partial charge >= 0.3 is 13.5 Å². The van der Waals surface area contributed by atoms with Gasteiger partial charge in [0.15, 0.2) is 6.23 Å².